The number of hydrogen-bond acceptors (Lipinski definition) is 2. The molecule has 2 aliphatic rings. The summed E-state index contributed by atoms with van der Waals surface area (Å²) >= 11 is 6.26. The average Bonchev–Trinajstić information content (AvgIpc) is 3.37. The van der Waals surface area contributed by atoms with Gasteiger partial charge in [-0.15, -0.1) is 0 Å². The highest BCUT2D eigenvalue weighted by molar-refractivity contribution is 6.32. The number of fused-ring (bicyclic) bond motifs is 1. The lowest BCUT2D eigenvalue weighted by Crippen LogP contribution is -2.22. The van der Waals surface area contributed by atoms with E-state index in [0.29, 0.717) is 46.1 Å². The van der Waals surface area contributed by atoms with Crippen molar-refractivity contribution in [1.29, 1.82) is 0 Å². The number of hydrogen-bond donors (Lipinski definition) is 1. The van der Waals surface area contributed by atoms with Gasteiger partial charge < -0.3 is 10.5 Å². The smallest absolute Gasteiger partial charge is 0.416 e. The normalized spacial score (nSPS) is 17.6. The van der Waals surface area contributed by atoms with E-state index in [2.05, 4.69) is 6.58 Å². The summed E-state index contributed by atoms with van der Waals surface area (Å²) in [4.78, 5) is 0. The van der Waals surface area contributed by atoms with Crippen molar-refractivity contribution in [3.8, 4) is 5.75 Å². The molecule has 146 valence electrons. The third kappa shape index (κ3) is 3.69. The summed E-state index contributed by atoms with van der Waals surface area (Å²) in [7, 11) is 0. The number of benzene rings is 2. The van der Waals surface area contributed by atoms with E-state index in [0.717, 1.165) is 24.5 Å². The van der Waals surface area contributed by atoms with Crippen LogP contribution < -0.4 is 10.5 Å². The Balaban J connectivity index is 1.74. The fourth-order valence-corrected chi connectivity index (χ4v) is 3.60. The second kappa shape index (κ2) is 6.68. The quantitative estimate of drug-likeness (QED) is 0.654. The molecule has 0 atom stereocenters. The van der Waals surface area contributed by atoms with Crippen LogP contribution >= 0.6 is 11.6 Å². The zero-order valence-corrected chi connectivity index (χ0v) is 15.8. The Kier molecular flexibility index (Phi) is 4.55. The van der Waals surface area contributed by atoms with Crippen LogP contribution in [0.5, 0.6) is 5.75 Å². The number of nitrogens with two attached hydrogens (primary N) is 1. The Bertz CT molecular complexity index is 990. The maximum Gasteiger partial charge on any atom is 0.416 e. The lowest BCUT2D eigenvalue weighted by atomic mass is 9.93. The molecule has 2 aromatic carbocycles. The van der Waals surface area contributed by atoms with Crippen LogP contribution in [-0.2, 0) is 12.6 Å². The van der Waals surface area contributed by atoms with Crippen molar-refractivity contribution in [3.05, 3.63) is 76.3 Å². The lowest BCUT2D eigenvalue weighted by molar-refractivity contribution is -0.137. The second-order valence-corrected chi connectivity index (χ2v) is 7.89. The van der Waals surface area contributed by atoms with Crippen LogP contribution in [0.4, 0.5) is 13.2 Å². The summed E-state index contributed by atoms with van der Waals surface area (Å²) < 4.78 is 45.7. The van der Waals surface area contributed by atoms with Gasteiger partial charge in [-0.2, -0.15) is 13.2 Å². The molecule has 1 saturated carbocycles. The first-order valence-electron chi connectivity index (χ1n) is 9.03. The van der Waals surface area contributed by atoms with Crippen molar-refractivity contribution in [2.45, 2.75) is 37.4 Å². The summed E-state index contributed by atoms with van der Waals surface area (Å²) in [6.45, 7) is 4.04. The monoisotopic (exact) mass is 405 g/mol. The molecular formula is C22H19ClF3NO. The van der Waals surface area contributed by atoms with E-state index in [9.17, 15) is 13.2 Å². The molecule has 0 saturated heterocycles. The van der Waals surface area contributed by atoms with Gasteiger partial charge in [0.25, 0.3) is 0 Å². The molecule has 1 aliphatic carbocycles. The SMILES string of the molecule is C=C1C=C(c2ccc(C(F)(F)F)cc2CCC2(N)CC2)Oc2c(Cl)cccc21. The van der Waals surface area contributed by atoms with Gasteiger partial charge in [-0.1, -0.05) is 36.4 Å². The van der Waals surface area contributed by atoms with Crippen molar-refractivity contribution in [1.82, 2.24) is 0 Å². The van der Waals surface area contributed by atoms with Crippen molar-refractivity contribution in [2.24, 2.45) is 5.73 Å². The molecule has 0 bridgehead atoms. The number of rotatable bonds is 4. The van der Waals surface area contributed by atoms with E-state index in [1.807, 2.05) is 6.07 Å². The van der Waals surface area contributed by atoms with Crippen LogP contribution in [0, 0.1) is 0 Å². The maximum absolute atomic E-state index is 13.2. The molecule has 4 rings (SSSR count). The van der Waals surface area contributed by atoms with Crippen molar-refractivity contribution in [2.75, 3.05) is 0 Å². The summed E-state index contributed by atoms with van der Waals surface area (Å²) in [6.07, 6.45) is 0.209. The minimum Gasteiger partial charge on any atom is -0.454 e. The zero-order chi connectivity index (χ0) is 20.1. The topological polar surface area (TPSA) is 35.2 Å². The van der Waals surface area contributed by atoms with Gasteiger partial charge in [0.15, 0.2) is 5.75 Å². The highest BCUT2D eigenvalue weighted by Crippen LogP contribution is 2.43. The molecule has 1 aliphatic heterocycles. The van der Waals surface area contributed by atoms with Crippen LogP contribution in [0.1, 0.15) is 41.5 Å². The molecule has 0 aromatic heterocycles. The number of halogens is 4. The summed E-state index contributed by atoms with van der Waals surface area (Å²) in [5.74, 6) is 0.909. The predicted octanol–water partition coefficient (Wildman–Crippen LogP) is 6.23. The Morgan fingerprint density at radius 2 is 1.89 bits per heavy atom. The van der Waals surface area contributed by atoms with Crippen LogP contribution in [0.3, 0.4) is 0 Å². The van der Waals surface area contributed by atoms with E-state index in [-0.39, 0.29) is 5.54 Å². The molecule has 0 amide bonds. The highest BCUT2D eigenvalue weighted by Gasteiger charge is 2.38. The molecule has 0 unspecified atom stereocenters. The van der Waals surface area contributed by atoms with Crippen molar-refractivity contribution < 1.29 is 17.9 Å². The molecule has 0 spiro atoms. The van der Waals surface area contributed by atoms with Gasteiger partial charge in [-0.05, 0) is 61.1 Å². The maximum atomic E-state index is 13.2. The highest BCUT2D eigenvalue weighted by atomic mass is 35.5. The molecule has 0 radical (unpaired) electrons. The minimum absolute atomic E-state index is 0.257. The fraction of sp³-hybridized carbons (Fsp3) is 0.273. The van der Waals surface area contributed by atoms with Crippen molar-refractivity contribution >= 4 is 22.9 Å². The lowest BCUT2D eigenvalue weighted by Gasteiger charge is -2.23. The third-order valence-electron chi connectivity index (χ3n) is 5.31. The van der Waals surface area contributed by atoms with E-state index in [4.69, 9.17) is 22.1 Å². The zero-order valence-electron chi connectivity index (χ0n) is 15.1. The van der Waals surface area contributed by atoms with E-state index < -0.39 is 11.7 Å². The van der Waals surface area contributed by atoms with Gasteiger partial charge >= 0.3 is 6.18 Å². The third-order valence-corrected chi connectivity index (χ3v) is 5.61. The largest absolute Gasteiger partial charge is 0.454 e. The fourth-order valence-electron chi connectivity index (χ4n) is 3.39. The van der Waals surface area contributed by atoms with Gasteiger partial charge in [0, 0.05) is 16.7 Å². The molecule has 1 heterocycles. The van der Waals surface area contributed by atoms with E-state index >= 15 is 0 Å². The summed E-state index contributed by atoms with van der Waals surface area (Å²) in [6, 6.07) is 9.06. The van der Waals surface area contributed by atoms with Crippen LogP contribution in [-0.4, -0.2) is 5.54 Å². The van der Waals surface area contributed by atoms with Gasteiger partial charge in [-0.3, -0.25) is 0 Å². The number of aryl methyl sites for hydroxylation is 1. The Morgan fingerprint density at radius 1 is 1.14 bits per heavy atom. The molecule has 6 heteroatoms. The first kappa shape index (κ1) is 19.1. The Labute approximate surface area is 166 Å². The molecule has 2 nitrogen and oxygen atoms in total. The molecular weight excluding hydrogens is 387 g/mol. The van der Waals surface area contributed by atoms with E-state index in [1.165, 1.54) is 12.1 Å². The Hall–Kier alpha value is -2.24. The van der Waals surface area contributed by atoms with Gasteiger partial charge in [0.1, 0.15) is 5.76 Å². The number of para-hydroxylation sites is 1. The van der Waals surface area contributed by atoms with E-state index in [1.54, 1.807) is 18.2 Å². The minimum atomic E-state index is -4.41. The molecule has 2 aromatic rings. The standard InChI is InChI=1S/C22H19ClF3NO/c1-13-11-19(28-20-16(13)3-2-4-18(20)23)17-6-5-15(22(24,25)26)12-14(17)7-8-21(27)9-10-21/h2-6,11-12H,1,7-10,27H2. The first-order chi connectivity index (χ1) is 13.2. The molecule has 1 fully saturated rings. The summed E-state index contributed by atoms with van der Waals surface area (Å²) in [5, 5.41) is 0.427. The van der Waals surface area contributed by atoms with Gasteiger partial charge in [-0.25, -0.2) is 0 Å². The second-order valence-electron chi connectivity index (χ2n) is 7.48. The predicted molar refractivity (Wildman–Crippen MR) is 105 cm³/mol. The number of allylic oxidation sites excluding steroid dienone is 2. The molecule has 28 heavy (non-hydrogen) atoms. The van der Waals surface area contributed by atoms with Gasteiger partial charge in [0.05, 0.1) is 10.6 Å². The van der Waals surface area contributed by atoms with Crippen LogP contribution in [0.25, 0.3) is 11.3 Å². The number of alkyl halides is 3. The first-order valence-corrected chi connectivity index (χ1v) is 9.41. The summed E-state index contributed by atoms with van der Waals surface area (Å²) in [5.41, 5.74) is 7.84. The van der Waals surface area contributed by atoms with Crippen molar-refractivity contribution in [3.63, 3.8) is 0 Å². The van der Waals surface area contributed by atoms with Crippen LogP contribution in [0.2, 0.25) is 5.02 Å². The average molecular weight is 406 g/mol. The number of ether oxygens (including phenoxy) is 1. The Morgan fingerprint density at radius 3 is 2.57 bits per heavy atom. The van der Waals surface area contributed by atoms with Crippen LogP contribution in [0.15, 0.2) is 49.1 Å². The molecule has 2 N–H and O–H groups in total. The van der Waals surface area contributed by atoms with Gasteiger partial charge in [0.2, 0.25) is 0 Å².